The maximum Gasteiger partial charge on any atom is 0.0349 e. The minimum absolute atomic E-state index is 0. The highest BCUT2D eigenvalue weighted by molar-refractivity contribution is 5.85. The number of rotatable bonds is 4. The predicted octanol–water partition coefficient (Wildman–Crippen LogP) is 4.43. The molecule has 4 heteroatoms. The Morgan fingerprint density at radius 3 is 2.36 bits per heavy atom. The van der Waals surface area contributed by atoms with E-state index in [1.807, 2.05) is 0 Å². The van der Waals surface area contributed by atoms with Gasteiger partial charge in [0.2, 0.25) is 0 Å². The summed E-state index contributed by atoms with van der Waals surface area (Å²) in [7, 11) is 0. The van der Waals surface area contributed by atoms with Crippen molar-refractivity contribution in [3.63, 3.8) is 0 Å². The highest BCUT2D eigenvalue weighted by Gasteiger charge is 2.21. The van der Waals surface area contributed by atoms with Crippen LogP contribution in [0.5, 0.6) is 0 Å². The number of piperazine rings is 1. The van der Waals surface area contributed by atoms with Crippen molar-refractivity contribution in [2.75, 3.05) is 26.2 Å². The van der Waals surface area contributed by atoms with Gasteiger partial charge in [-0.2, -0.15) is 0 Å². The lowest BCUT2D eigenvalue weighted by atomic mass is 9.97. The molecule has 1 aliphatic rings. The second-order valence-corrected chi connectivity index (χ2v) is 5.70. The maximum atomic E-state index is 3.45. The van der Waals surface area contributed by atoms with E-state index < -0.39 is 0 Å². The van der Waals surface area contributed by atoms with Gasteiger partial charge >= 0.3 is 0 Å². The van der Waals surface area contributed by atoms with Gasteiger partial charge in [-0.05, 0) is 28.8 Å². The molecule has 0 radical (unpaired) electrons. The number of hydrogen-bond acceptors (Lipinski definition) is 2. The van der Waals surface area contributed by atoms with Gasteiger partial charge in [-0.1, -0.05) is 49.7 Å². The van der Waals surface area contributed by atoms with Crippen LogP contribution in [-0.4, -0.2) is 31.1 Å². The van der Waals surface area contributed by atoms with E-state index in [-0.39, 0.29) is 24.8 Å². The summed E-state index contributed by atoms with van der Waals surface area (Å²) in [5, 5.41) is 6.15. The van der Waals surface area contributed by atoms with E-state index in [1.165, 1.54) is 29.2 Å². The average molecular weight is 341 g/mol. The van der Waals surface area contributed by atoms with Crippen molar-refractivity contribution in [2.24, 2.45) is 0 Å². The van der Waals surface area contributed by atoms with E-state index in [0.29, 0.717) is 6.04 Å². The minimum Gasteiger partial charge on any atom is -0.314 e. The van der Waals surface area contributed by atoms with E-state index in [4.69, 9.17) is 0 Å². The Hall–Kier alpha value is -0.800. The van der Waals surface area contributed by atoms with Crippen LogP contribution in [0, 0.1) is 0 Å². The molecule has 0 unspecified atom stereocenters. The zero-order chi connectivity index (χ0) is 13.8. The standard InChI is InChI=1S/C18H24N2.2ClH/c1-2-5-18(20-12-10-19-11-13-20)17-9-8-15-6-3-4-7-16(15)14-17;;/h3-4,6-9,14,18-19H,2,5,10-13H2,1H3;2*1H/t18-;;/m1../s1. The van der Waals surface area contributed by atoms with Crippen molar-refractivity contribution >= 4 is 35.6 Å². The molecule has 2 aromatic carbocycles. The molecule has 122 valence electrons. The Morgan fingerprint density at radius 1 is 1.00 bits per heavy atom. The summed E-state index contributed by atoms with van der Waals surface area (Å²) in [6.45, 7) is 6.85. The number of benzene rings is 2. The predicted molar refractivity (Wildman–Crippen MR) is 101 cm³/mol. The van der Waals surface area contributed by atoms with Gasteiger partial charge in [0.25, 0.3) is 0 Å². The van der Waals surface area contributed by atoms with E-state index in [1.54, 1.807) is 0 Å². The Kier molecular flexibility index (Phi) is 8.19. The molecule has 1 aliphatic heterocycles. The lowest BCUT2D eigenvalue weighted by molar-refractivity contribution is 0.165. The van der Waals surface area contributed by atoms with E-state index in [0.717, 1.165) is 26.2 Å². The molecule has 0 amide bonds. The summed E-state index contributed by atoms with van der Waals surface area (Å²) in [6.07, 6.45) is 2.49. The van der Waals surface area contributed by atoms with Crippen LogP contribution in [0.1, 0.15) is 31.4 Å². The summed E-state index contributed by atoms with van der Waals surface area (Å²) in [5.74, 6) is 0. The average Bonchev–Trinajstić information content (AvgIpc) is 2.53. The van der Waals surface area contributed by atoms with Gasteiger partial charge in [-0.25, -0.2) is 0 Å². The van der Waals surface area contributed by atoms with Crippen LogP contribution in [0.15, 0.2) is 42.5 Å². The van der Waals surface area contributed by atoms with Gasteiger partial charge in [0.15, 0.2) is 0 Å². The summed E-state index contributed by atoms with van der Waals surface area (Å²) < 4.78 is 0. The van der Waals surface area contributed by atoms with Gasteiger partial charge < -0.3 is 5.32 Å². The molecule has 0 bridgehead atoms. The van der Waals surface area contributed by atoms with E-state index >= 15 is 0 Å². The SMILES string of the molecule is CCC[C@H](c1ccc2ccccc2c1)N1CCNCC1.Cl.Cl. The van der Waals surface area contributed by atoms with E-state index in [9.17, 15) is 0 Å². The van der Waals surface area contributed by atoms with Crippen LogP contribution in [-0.2, 0) is 0 Å². The van der Waals surface area contributed by atoms with Crippen LogP contribution in [0.3, 0.4) is 0 Å². The summed E-state index contributed by atoms with van der Waals surface area (Å²) in [6, 6.07) is 16.2. The number of hydrogen-bond donors (Lipinski definition) is 1. The first-order valence-electron chi connectivity index (χ1n) is 7.82. The zero-order valence-corrected chi connectivity index (χ0v) is 14.8. The number of halogens is 2. The van der Waals surface area contributed by atoms with Crippen LogP contribution >= 0.6 is 24.8 Å². The van der Waals surface area contributed by atoms with E-state index in [2.05, 4.69) is 59.6 Å². The molecule has 3 rings (SSSR count). The van der Waals surface area contributed by atoms with Crippen molar-refractivity contribution in [3.8, 4) is 0 Å². The first kappa shape index (κ1) is 19.2. The number of fused-ring (bicyclic) bond motifs is 1. The van der Waals surface area contributed by atoms with Crippen LogP contribution in [0.2, 0.25) is 0 Å². The molecule has 1 atom stereocenters. The van der Waals surface area contributed by atoms with Crippen molar-refractivity contribution in [1.82, 2.24) is 10.2 Å². The minimum atomic E-state index is 0. The van der Waals surface area contributed by atoms with Crippen molar-refractivity contribution in [1.29, 1.82) is 0 Å². The highest BCUT2D eigenvalue weighted by atomic mass is 35.5. The first-order chi connectivity index (χ1) is 9.88. The van der Waals surface area contributed by atoms with Crippen molar-refractivity contribution < 1.29 is 0 Å². The second-order valence-electron chi connectivity index (χ2n) is 5.70. The fourth-order valence-electron chi connectivity index (χ4n) is 3.24. The molecule has 1 heterocycles. The van der Waals surface area contributed by atoms with Gasteiger partial charge in [0.05, 0.1) is 0 Å². The third kappa shape index (κ3) is 4.36. The largest absolute Gasteiger partial charge is 0.314 e. The Bertz CT molecular complexity index is 568. The molecule has 1 fully saturated rings. The molecule has 0 aromatic heterocycles. The summed E-state index contributed by atoms with van der Waals surface area (Å²) in [5.41, 5.74) is 1.48. The number of nitrogens with one attached hydrogen (secondary N) is 1. The third-order valence-electron chi connectivity index (χ3n) is 4.31. The van der Waals surface area contributed by atoms with Crippen molar-refractivity contribution in [2.45, 2.75) is 25.8 Å². The van der Waals surface area contributed by atoms with Gasteiger partial charge in [-0.15, -0.1) is 24.8 Å². The Balaban J connectivity index is 0.00000121. The molecule has 22 heavy (non-hydrogen) atoms. The molecule has 2 aromatic rings. The fraction of sp³-hybridized carbons (Fsp3) is 0.444. The second kappa shape index (κ2) is 9.36. The van der Waals surface area contributed by atoms with Crippen LogP contribution in [0.4, 0.5) is 0 Å². The fourth-order valence-corrected chi connectivity index (χ4v) is 3.24. The van der Waals surface area contributed by atoms with Crippen molar-refractivity contribution in [3.05, 3.63) is 48.0 Å². The van der Waals surface area contributed by atoms with Crippen LogP contribution in [0.25, 0.3) is 10.8 Å². The van der Waals surface area contributed by atoms with Crippen LogP contribution < -0.4 is 5.32 Å². The molecular formula is C18H26Cl2N2. The summed E-state index contributed by atoms with van der Waals surface area (Å²) in [4.78, 5) is 2.64. The maximum absolute atomic E-state index is 3.45. The molecule has 0 aliphatic carbocycles. The third-order valence-corrected chi connectivity index (χ3v) is 4.31. The molecule has 1 saturated heterocycles. The van der Waals surface area contributed by atoms with Gasteiger partial charge in [-0.3, -0.25) is 4.90 Å². The lowest BCUT2D eigenvalue weighted by Crippen LogP contribution is -2.45. The smallest absolute Gasteiger partial charge is 0.0349 e. The lowest BCUT2D eigenvalue weighted by Gasteiger charge is -2.35. The summed E-state index contributed by atoms with van der Waals surface area (Å²) >= 11 is 0. The Labute approximate surface area is 146 Å². The number of nitrogens with zero attached hydrogens (tertiary/aromatic N) is 1. The Morgan fingerprint density at radius 2 is 1.68 bits per heavy atom. The normalized spacial score (nSPS) is 16.6. The molecule has 0 saturated carbocycles. The van der Waals surface area contributed by atoms with Gasteiger partial charge in [0, 0.05) is 32.2 Å². The van der Waals surface area contributed by atoms with Gasteiger partial charge in [0.1, 0.15) is 0 Å². The molecule has 1 N–H and O–H groups in total. The quantitative estimate of drug-likeness (QED) is 0.885. The molecule has 2 nitrogen and oxygen atoms in total. The highest BCUT2D eigenvalue weighted by Crippen LogP contribution is 2.28. The zero-order valence-electron chi connectivity index (χ0n) is 13.1. The monoisotopic (exact) mass is 340 g/mol. The first-order valence-corrected chi connectivity index (χ1v) is 7.82. The topological polar surface area (TPSA) is 15.3 Å². The molecule has 0 spiro atoms. The molecular weight excluding hydrogens is 315 g/mol.